The summed E-state index contributed by atoms with van der Waals surface area (Å²) in [7, 11) is 1.72. The lowest BCUT2D eigenvalue weighted by atomic mass is 10.2. The number of nitrogens with zero attached hydrogens (tertiary/aromatic N) is 2. The highest BCUT2D eigenvalue weighted by atomic mass is 32.1. The molecular weight excluding hydrogens is 376 g/mol. The van der Waals surface area contributed by atoms with Crippen LogP contribution in [0.4, 0.5) is 0 Å². The van der Waals surface area contributed by atoms with Crippen molar-refractivity contribution in [1.29, 1.82) is 0 Å². The average molecular weight is 411 g/mol. The summed E-state index contributed by atoms with van der Waals surface area (Å²) in [5.74, 6) is 0.146. The summed E-state index contributed by atoms with van der Waals surface area (Å²) in [6.45, 7) is 15.6. The number of carbonyl (C=O) groups excluding carboxylic acids is 1. The van der Waals surface area contributed by atoms with Crippen LogP contribution in [0, 0.1) is 6.92 Å². The highest BCUT2D eigenvalue weighted by Gasteiger charge is 2.35. The number of carbonyl (C=O) groups is 1. The maximum atomic E-state index is 11.6. The molecule has 27 heavy (non-hydrogen) atoms. The second kappa shape index (κ2) is 10.3. The Morgan fingerprint density at radius 1 is 1.30 bits per heavy atom. The van der Waals surface area contributed by atoms with Crippen LogP contribution in [0.25, 0.3) is 10.6 Å². The molecular formula is C20H34N4OS2+2. The number of aryl methyl sites for hydroxylation is 1. The van der Waals surface area contributed by atoms with Gasteiger partial charge in [0.15, 0.2) is 6.54 Å². The molecule has 0 radical (unpaired) electrons. The molecule has 1 saturated heterocycles. The van der Waals surface area contributed by atoms with E-state index in [9.17, 15) is 4.79 Å². The van der Waals surface area contributed by atoms with Crippen molar-refractivity contribution in [1.82, 2.24) is 10.3 Å². The minimum atomic E-state index is 0.146. The number of piperazine rings is 1. The molecule has 0 spiro atoms. The molecule has 3 heterocycles. The lowest BCUT2D eigenvalue weighted by Crippen LogP contribution is -3.16. The van der Waals surface area contributed by atoms with Crippen LogP contribution in [0.1, 0.15) is 30.7 Å². The molecule has 7 heteroatoms. The van der Waals surface area contributed by atoms with Crippen LogP contribution in [0.15, 0.2) is 17.5 Å². The zero-order valence-corrected chi connectivity index (χ0v) is 18.9. The first-order chi connectivity index (χ1) is 13.0. The third-order valence-corrected chi connectivity index (χ3v) is 7.13. The van der Waals surface area contributed by atoms with Gasteiger partial charge in [0, 0.05) is 12.4 Å². The van der Waals surface area contributed by atoms with E-state index in [1.54, 1.807) is 18.4 Å². The van der Waals surface area contributed by atoms with Crippen molar-refractivity contribution in [2.75, 3.05) is 46.3 Å². The number of thiazole rings is 1. The predicted molar refractivity (Wildman–Crippen MR) is 115 cm³/mol. The van der Waals surface area contributed by atoms with Gasteiger partial charge in [-0.15, -0.1) is 22.7 Å². The monoisotopic (exact) mass is 410 g/mol. The van der Waals surface area contributed by atoms with Gasteiger partial charge in [-0.3, -0.25) is 4.79 Å². The lowest BCUT2D eigenvalue weighted by molar-refractivity contribution is -1.03. The minimum Gasteiger partial charge on any atom is -0.354 e. The SMILES string of the molecule is CC.CC[N+]1(Cc2ccc(-c3csc(C)n3)s2)CC[NH+](CC(=O)NC)CC1. The molecule has 5 nitrogen and oxygen atoms in total. The maximum absolute atomic E-state index is 11.6. The van der Waals surface area contributed by atoms with Crippen molar-refractivity contribution in [2.24, 2.45) is 0 Å². The summed E-state index contributed by atoms with van der Waals surface area (Å²) in [5, 5.41) is 6.01. The van der Waals surface area contributed by atoms with E-state index in [1.807, 2.05) is 25.2 Å². The van der Waals surface area contributed by atoms with Gasteiger partial charge in [0.25, 0.3) is 5.91 Å². The van der Waals surface area contributed by atoms with E-state index in [0.29, 0.717) is 6.54 Å². The molecule has 2 N–H and O–H groups in total. The topological polar surface area (TPSA) is 46.4 Å². The highest BCUT2D eigenvalue weighted by molar-refractivity contribution is 7.16. The summed E-state index contributed by atoms with van der Waals surface area (Å²) in [5.41, 5.74) is 1.11. The Morgan fingerprint density at radius 2 is 2.00 bits per heavy atom. The zero-order chi connectivity index (χ0) is 19.9. The first-order valence-corrected chi connectivity index (χ1v) is 11.6. The Balaban J connectivity index is 0.00000126. The third kappa shape index (κ3) is 5.85. The molecule has 1 aliphatic rings. The van der Waals surface area contributed by atoms with Crippen molar-refractivity contribution in [3.63, 3.8) is 0 Å². The average Bonchev–Trinajstić information content (AvgIpc) is 3.34. The molecule has 2 aromatic heterocycles. The van der Waals surface area contributed by atoms with Crippen molar-refractivity contribution in [2.45, 2.75) is 34.2 Å². The summed E-state index contributed by atoms with van der Waals surface area (Å²) in [6.07, 6.45) is 0. The fourth-order valence-electron chi connectivity index (χ4n) is 3.51. The fraction of sp³-hybridized carbons (Fsp3) is 0.600. The minimum absolute atomic E-state index is 0.146. The van der Waals surface area contributed by atoms with E-state index >= 15 is 0 Å². The van der Waals surface area contributed by atoms with Gasteiger partial charge in [-0.25, -0.2) is 4.98 Å². The van der Waals surface area contributed by atoms with Gasteiger partial charge in [-0.2, -0.15) is 0 Å². The number of hydrogen-bond donors (Lipinski definition) is 2. The molecule has 0 aliphatic carbocycles. The van der Waals surface area contributed by atoms with E-state index in [4.69, 9.17) is 0 Å². The number of nitrogens with one attached hydrogen (secondary N) is 2. The summed E-state index contributed by atoms with van der Waals surface area (Å²) >= 11 is 3.59. The predicted octanol–water partition coefficient (Wildman–Crippen LogP) is 2.19. The lowest BCUT2D eigenvalue weighted by Gasteiger charge is -2.42. The molecule has 150 valence electrons. The summed E-state index contributed by atoms with van der Waals surface area (Å²) < 4.78 is 1.13. The van der Waals surface area contributed by atoms with Crippen molar-refractivity contribution in [3.05, 3.63) is 27.4 Å². The highest BCUT2D eigenvalue weighted by Crippen LogP contribution is 2.30. The molecule has 0 aromatic carbocycles. The number of aromatic nitrogens is 1. The van der Waals surface area contributed by atoms with E-state index < -0.39 is 0 Å². The van der Waals surface area contributed by atoms with Gasteiger partial charge in [0.1, 0.15) is 32.7 Å². The van der Waals surface area contributed by atoms with Crippen molar-refractivity contribution >= 4 is 28.6 Å². The van der Waals surface area contributed by atoms with Crippen LogP contribution in [0.3, 0.4) is 0 Å². The quantitative estimate of drug-likeness (QED) is 0.717. The maximum Gasteiger partial charge on any atom is 0.274 e. The summed E-state index contributed by atoms with van der Waals surface area (Å²) in [6, 6.07) is 4.49. The number of thiophene rings is 1. The molecule has 1 fully saturated rings. The van der Waals surface area contributed by atoms with Crippen molar-refractivity contribution in [3.8, 4) is 10.6 Å². The van der Waals surface area contributed by atoms with Crippen LogP contribution >= 0.6 is 22.7 Å². The smallest absolute Gasteiger partial charge is 0.274 e. The molecule has 1 aliphatic heterocycles. The van der Waals surface area contributed by atoms with Crippen LogP contribution in [0.2, 0.25) is 0 Å². The fourth-order valence-corrected chi connectivity index (χ4v) is 5.30. The number of hydrogen-bond acceptors (Lipinski definition) is 4. The Kier molecular flexibility index (Phi) is 8.41. The number of quaternary nitrogens is 2. The van der Waals surface area contributed by atoms with Crippen LogP contribution in [-0.2, 0) is 11.3 Å². The molecule has 0 unspecified atom stereocenters. The first kappa shape index (κ1) is 22.0. The number of likely N-dealkylation sites (N-methyl/N-ethyl adjacent to an activating group) is 2. The Morgan fingerprint density at radius 3 is 2.56 bits per heavy atom. The first-order valence-electron chi connectivity index (χ1n) is 9.94. The van der Waals surface area contributed by atoms with Gasteiger partial charge < -0.3 is 14.7 Å². The molecule has 3 rings (SSSR count). The molecule has 0 bridgehead atoms. The van der Waals surface area contributed by atoms with Gasteiger partial charge in [-0.05, 0) is 26.0 Å². The van der Waals surface area contributed by atoms with Gasteiger partial charge in [0.05, 0.1) is 27.0 Å². The second-order valence-corrected chi connectivity index (χ2v) is 9.11. The van der Waals surface area contributed by atoms with E-state index in [1.165, 1.54) is 14.7 Å². The Bertz CT molecular complexity index is 717. The van der Waals surface area contributed by atoms with Crippen LogP contribution < -0.4 is 10.2 Å². The van der Waals surface area contributed by atoms with Crippen LogP contribution in [0.5, 0.6) is 0 Å². The Hall–Kier alpha value is -1.28. The summed E-state index contributed by atoms with van der Waals surface area (Å²) in [4.78, 5) is 20.3. The number of rotatable bonds is 6. The van der Waals surface area contributed by atoms with Crippen LogP contribution in [-0.4, -0.2) is 61.7 Å². The van der Waals surface area contributed by atoms with E-state index in [-0.39, 0.29) is 5.91 Å². The van der Waals surface area contributed by atoms with Gasteiger partial charge in [-0.1, -0.05) is 13.8 Å². The molecule has 0 saturated carbocycles. The largest absolute Gasteiger partial charge is 0.354 e. The molecule has 1 amide bonds. The van der Waals surface area contributed by atoms with E-state index in [0.717, 1.165) is 54.5 Å². The molecule has 2 aromatic rings. The molecule has 0 atom stereocenters. The van der Waals surface area contributed by atoms with Gasteiger partial charge >= 0.3 is 0 Å². The van der Waals surface area contributed by atoms with Crippen molar-refractivity contribution < 1.29 is 14.2 Å². The zero-order valence-electron chi connectivity index (χ0n) is 17.3. The van der Waals surface area contributed by atoms with Gasteiger partial charge in [0.2, 0.25) is 0 Å². The third-order valence-electron chi connectivity index (χ3n) is 5.26. The van der Waals surface area contributed by atoms with E-state index in [2.05, 4.69) is 41.7 Å². The second-order valence-electron chi connectivity index (χ2n) is 6.88. The normalized spacial score (nSPS) is 22.0. The number of amides is 1. The Labute approximate surface area is 171 Å². The standard InChI is InChI=1S/C18H26N4OS2.C2H6/c1-4-22(9-7-21(8-10-22)11-18(23)19-3)12-15-5-6-17(25-15)16-13-24-14(2)20-16;1-2/h5-6,13H,4,7-12H2,1-3H3;1-2H3/p+2.